The summed E-state index contributed by atoms with van der Waals surface area (Å²) < 4.78 is 5.85. The number of ether oxygens (including phenoxy) is 1. The lowest BCUT2D eigenvalue weighted by atomic mass is 9.95. The number of carbonyl (C=O) groups is 2. The Balaban J connectivity index is 1.77. The fourth-order valence-corrected chi connectivity index (χ4v) is 4.38. The summed E-state index contributed by atoms with van der Waals surface area (Å²) >= 11 is 0. The van der Waals surface area contributed by atoms with Gasteiger partial charge in [-0.05, 0) is 55.9 Å². The largest absolute Gasteiger partial charge is 0.484 e. The van der Waals surface area contributed by atoms with Crippen LogP contribution in [0, 0.1) is 13.8 Å². The van der Waals surface area contributed by atoms with Gasteiger partial charge in [0.05, 0.1) is 0 Å². The van der Waals surface area contributed by atoms with Crippen molar-refractivity contribution in [3.8, 4) is 5.75 Å². The van der Waals surface area contributed by atoms with E-state index in [4.69, 9.17) is 4.74 Å². The molecule has 1 N–H and O–H groups in total. The third kappa shape index (κ3) is 6.35. The maximum Gasteiger partial charge on any atom is 0.261 e. The van der Waals surface area contributed by atoms with Crippen molar-refractivity contribution in [3.63, 3.8) is 0 Å². The van der Waals surface area contributed by atoms with Gasteiger partial charge in [-0.1, -0.05) is 68.7 Å². The third-order valence-corrected chi connectivity index (χ3v) is 6.38. The van der Waals surface area contributed by atoms with Gasteiger partial charge in [-0.25, -0.2) is 0 Å². The molecule has 1 aliphatic rings. The first-order valence-corrected chi connectivity index (χ1v) is 11.8. The summed E-state index contributed by atoms with van der Waals surface area (Å²) in [5.41, 5.74) is 3.13. The molecule has 0 heterocycles. The molecule has 5 heteroatoms. The number of nitrogens with one attached hydrogen (secondary N) is 1. The summed E-state index contributed by atoms with van der Waals surface area (Å²) in [6, 6.07) is 15.3. The highest BCUT2D eigenvalue weighted by atomic mass is 16.5. The van der Waals surface area contributed by atoms with Crippen molar-refractivity contribution in [1.82, 2.24) is 10.2 Å². The number of hydrogen-bond donors (Lipinski definition) is 1. The molecule has 0 spiro atoms. The molecule has 32 heavy (non-hydrogen) atoms. The van der Waals surface area contributed by atoms with Crippen molar-refractivity contribution >= 4 is 11.8 Å². The molecule has 2 aromatic rings. The van der Waals surface area contributed by atoms with E-state index < -0.39 is 6.04 Å². The van der Waals surface area contributed by atoms with Crippen LogP contribution in [-0.4, -0.2) is 35.4 Å². The number of amides is 2. The summed E-state index contributed by atoms with van der Waals surface area (Å²) in [6.45, 7) is 6.25. The first-order chi connectivity index (χ1) is 15.5. The average Bonchev–Trinajstić information content (AvgIpc) is 2.80. The van der Waals surface area contributed by atoms with E-state index in [0.29, 0.717) is 18.7 Å². The van der Waals surface area contributed by atoms with Gasteiger partial charge in [-0.15, -0.1) is 0 Å². The quantitative estimate of drug-likeness (QED) is 0.606. The smallest absolute Gasteiger partial charge is 0.261 e. The Morgan fingerprint density at radius 3 is 2.31 bits per heavy atom. The van der Waals surface area contributed by atoms with Gasteiger partial charge < -0.3 is 15.0 Å². The number of aryl methyl sites for hydroxylation is 2. The molecule has 1 atom stereocenters. The Morgan fingerprint density at radius 2 is 1.66 bits per heavy atom. The van der Waals surface area contributed by atoms with Crippen LogP contribution in [0.15, 0.2) is 48.5 Å². The topological polar surface area (TPSA) is 58.6 Å². The molecule has 0 bridgehead atoms. The van der Waals surface area contributed by atoms with E-state index in [1.807, 2.05) is 69.3 Å². The maximum atomic E-state index is 13.4. The molecular formula is C27H36N2O3. The Bertz CT molecular complexity index is 905. The van der Waals surface area contributed by atoms with E-state index in [0.717, 1.165) is 42.4 Å². The standard InChI is InChI=1S/C27H36N2O3/c1-4-24(27(31)28-23-15-6-5-7-16-23)29(18-22-14-10-8-12-20(22)2)26(30)19-32-25-17-11-9-13-21(25)3/h8-14,17,23-24H,4-7,15-16,18-19H2,1-3H3,(H,28,31)/t24-/m0/s1. The average molecular weight is 437 g/mol. The van der Waals surface area contributed by atoms with Crippen LogP contribution in [0.3, 0.4) is 0 Å². The van der Waals surface area contributed by atoms with Gasteiger partial charge in [0.25, 0.3) is 5.91 Å². The van der Waals surface area contributed by atoms with Crippen LogP contribution in [0.4, 0.5) is 0 Å². The van der Waals surface area contributed by atoms with E-state index >= 15 is 0 Å². The lowest BCUT2D eigenvalue weighted by Gasteiger charge is -2.33. The number of carbonyl (C=O) groups excluding carboxylic acids is 2. The molecule has 1 aliphatic carbocycles. The predicted molar refractivity (Wildman–Crippen MR) is 127 cm³/mol. The summed E-state index contributed by atoms with van der Waals surface area (Å²) in [5, 5.41) is 3.21. The zero-order valence-electron chi connectivity index (χ0n) is 19.6. The van der Waals surface area contributed by atoms with Crippen LogP contribution in [-0.2, 0) is 16.1 Å². The summed E-state index contributed by atoms with van der Waals surface area (Å²) in [4.78, 5) is 28.3. The van der Waals surface area contributed by atoms with Crippen LogP contribution in [0.2, 0.25) is 0 Å². The summed E-state index contributed by atoms with van der Waals surface area (Å²) in [6.07, 6.45) is 6.13. The van der Waals surface area contributed by atoms with E-state index in [9.17, 15) is 9.59 Å². The van der Waals surface area contributed by atoms with Gasteiger partial charge in [0, 0.05) is 12.6 Å². The first kappa shape index (κ1) is 23.8. The Morgan fingerprint density at radius 1 is 1.00 bits per heavy atom. The van der Waals surface area contributed by atoms with Crippen LogP contribution in [0.1, 0.15) is 62.1 Å². The molecule has 1 fully saturated rings. The second kappa shape index (κ2) is 11.7. The van der Waals surface area contributed by atoms with Gasteiger partial charge >= 0.3 is 0 Å². The van der Waals surface area contributed by atoms with Gasteiger partial charge in [0.1, 0.15) is 11.8 Å². The molecule has 0 aliphatic heterocycles. The molecule has 3 rings (SSSR count). The number of para-hydroxylation sites is 1. The Kier molecular flexibility index (Phi) is 8.72. The van der Waals surface area contributed by atoms with E-state index in [-0.39, 0.29) is 24.5 Å². The molecule has 0 aromatic heterocycles. The zero-order chi connectivity index (χ0) is 22.9. The summed E-state index contributed by atoms with van der Waals surface area (Å²) in [7, 11) is 0. The van der Waals surface area contributed by atoms with Crippen molar-refractivity contribution in [3.05, 3.63) is 65.2 Å². The minimum atomic E-state index is -0.524. The molecule has 0 radical (unpaired) electrons. The fraction of sp³-hybridized carbons (Fsp3) is 0.481. The molecule has 0 unspecified atom stereocenters. The van der Waals surface area contributed by atoms with Crippen LogP contribution >= 0.6 is 0 Å². The molecule has 2 amide bonds. The Hall–Kier alpha value is -2.82. The highest BCUT2D eigenvalue weighted by Gasteiger charge is 2.30. The van der Waals surface area contributed by atoms with Crippen molar-refractivity contribution in [2.75, 3.05) is 6.61 Å². The van der Waals surface area contributed by atoms with Crippen molar-refractivity contribution in [1.29, 1.82) is 0 Å². The minimum Gasteiger partial charge on any atom is -0.484 e. The minimum absolute atomic E-state index is 0.0581. The van der Waals surface area contributed by atoms with Crippen LogP contribution < -0.4 is 10.1 Å². The van der Waals surface area contributed by atoms with E-state index in [1.54, 1.807) is 4.90 Å². The second-order valence-electron chi connectivity index (χ2n) is 8.77. The highest BCUT2D eigenvalue weighted by molar-refractivity contribution is 5.88. The van der Waals surface area contributed by atoms with Gasteiger partial charge in [-0.2, -0.15) is 0 Å². The number of hydrogen-bond acceptors (Lipinski definition) is 3. The molecule has 172 valence electrons. The van der Waals surface area contributed by atoms with Gasteiger partial charge in [-0.3, -0.25) is 9.59 Å². The summed E-state index contributed by atoms with van der Waals surface area (Å²) in [5.74, 6) is 0.454. The number of nitrogens with zero attached hydrogens (tertiary/aromatic N) is 1. The molecular weight excluding hydrogens is 400 g/mol. The normalized spacial score (nSPS) is 15.1. The SMILES string of the molecule is CC[C@@H](C(=O)NC1CCCCC1)N(Cc1ccccc1C)C(=O)COc1ccccc1C. The Labute approximate surface area is 192 Å². The molecule has 1 saturated carbocycles. The zero-order valence-corrected chi connectivity index (χ0v) is 19.6. The fourth-order valence-electron chi connectivity index (χ4n) is 4.38. The van der Waals surface area contributed by atoms with E-state index in [2.05, 4.69) is 5.32 Å². The third-order valence-electron chi connectivity index (χ3n) is 6.38. The van der Waals surface area contributed by atoms with Crippen molar-refractivity contribution in [2.45, 2.75) is 77.9 Å². The van der Waals surface area contributed by atoms with Crippen molar-refractivity contribution < 1.29 is 14.3 Å². The monoisotopic (exact) mass is 436 g/mol. The molecule has 0 saturated heterocycles. The second-order valence-corrected chi connectivity index (χ2v) is 8.77. The van der Waals surface area contributed by atoms with Crippen molar-refractivity contribution in [2.24, 2.45) is 0 Å². The lowest BCUT2D eigenvalue weighted by Crippen LogP contribution is -2.52. The maximum absolute atomic E-state index is 13.4. The van der Waals surface area contributed by atoms with Crippen LogP contribution in [0.25, 0.3) is 0 Å². The van der Waals surface area contributed by atoms with Gasteiger partial charge in [0.2, 0.25) is 5.91 Å². The van der Waals surface area contributed by atoms with Crippen LogP contribution in [0.5, 0.6) is 5.75 Å². The lowest BCUT2D eigenvalue weighted by molar-refractivity contribution is -0.143. The molecule has 5 nitrogen and oxygen atoms in total. The first-order valence-electron chi connectivity index (χ1n) is 11.8. The molecule has 2 aromatic carbocycles. The predicted octanol–water partition coefficient (Wildman–Crippen LogP) is 4.94. The number of rotatable bonds is 9. The number of benzene rings is 2. The van der Waals surface area contributed by atoms with Gasteiger partial charge in [0.15, 0.2) is 6.61 Å². The highest BCUT2D eigenvalue weighted by Crippen LogP contribution is 2.21. The van der Waals surface area contributed by atoms with E-state index in [1.165, 1.54) is 6.42 Å².